The fraction of sp³-hybridized carbons (Fsp3) is 0.417. The molecule has 2 aromatic rings. The smallest absolute Gasteiger partial charge is 0.337 e. The number of ether oxygens (including phenoxy) is 2. The van der Waals surface area contributed by atoms with Crippen LogP contribution in [0.5, 0.6) is 5.75 Å². The van der Waals surface area contributed by atoms with Crippen molar-refractivity contribution in [2.24, 2.45) is 5.92 Å². The van der Waals surface area contributed by atoms with Crippen molar-refractivity contribution in [3.05, 3.63) is 64.7 Å². The third-order valence-corrected chi connectivity index (χ3v) is 5.83. The summed E-state index contributed by atoms with van der Waals surface area (Å²) in [5.74, 6) is 0.462. The molecule has 1 amide bonds. The minimum Gasteiger partial charge on any atom is -0.492 e. The van der Waals surface area contributed by atoms with E-state index in [0.29, 0.717) is 29.8 Å². The molecule has 3 unspecified atom stereocenters. The van der Waals surface area contributed by atoms with Gasteiger partial charge in [0.25, 0.3) is 0 Å². The van der Waals surface area contributed by atoms with Crippen molar-refractivity contribution in [3.63, 3.8) is 0 Å². The van der Waals surface area contributed by atoms with Crippen molar-refractivity contribution in [3.8, 4) is 5.75 Å². The van der Waals surface area contributed by atoms with Crippen molar-refractivity contribution in [1.29, 1.82) is 0 Å². The summed E-state index contributed by atoms with van der Waals surface area (Å²) in [5.41, 5.74) is 1.45. The molecule has 2 aromatic carbocycles. The summed E-state index contributed by atoms with van der Waals surface area (Å²) in [6, 6.07) is 14.6. The number of methoxy groups -OCH3 is 1. The maximum absolute atomic E-state index is 12.7. The van der Waals surface area contributed by atoms with Gasteiger partial charge >= 0.3 is 5.97 Å². The van der Waals surface area contributed by atoms with Gasteiger partial charge in [0.15, 0.2) is 0 Å². The van der Waals surface area contributed by atoms with Crippen LogP contribution in [0.25, 0.3) is 0 Å². The van der Waals surface area contributed by atoms with Crippen LogP contribution in [0.2, 0.25) is 5.02 Å². The van der Waals surface area contributed by atoms with Gasteiger partial charge in [0.05, 0.1) is 18.7 Å². The molecule has 166 valence electrons. The van der Waals surface area contributed by atoms with Crippen LogP contribution in [-0.4, -0.2) is 38.2 Å². The van der Waals surface area contributed by atoms with E-state index in [1.807, 2.05) is 37.3 Å². The number of halogens is 1. The predicted molar refractivity (Wildman–Crippen MR) is 120 cm³/mol. The van der Waals surface area contributed by atoms with Crippen LogP contribution in [-0.2, 0) is 9.53 Å². The highest BCUT2D eigenvalue weighted by Crippen LogP contribution is 2.27. The largest absolute Gasteiger partial charge is 0.492 e. The number of esters is 1. The molecule has 0 radical (unpaired) electrons. The summed E-state index contributed by atoms with van der Waals surface area (Å²) < 4.78 is 10.4. The molecule has 0 aliphatic heterocycles. The number of hydrogen-bond acceptors (Lipinski definition) is 5. The lowest BCUT2D eigenvalue weighted by Crippen LogP contribution is -2.34. The molecule has 3 rings (SSSR count). The van der Waals surface area contributed by atoms with Gasteiger partial charge in [-0.25, -0.2) is 4.79 Å². The first-order valence-corrected chi connectivity index (χ1v) is 10.9. The molecule has 7 heteroatoms. The number of hydrogen-bond donors (Lipinski definition) is 2. The standard InChI is InChI=1S/C24H29ClN2O4/c1-16(17-6-8-18(9-7-17)24(29)30-2)27-23(28)19-10-11-21(14-19)26-12-13-31-22-5-3-4-20(25)15-22/h3-9,15-16,19,21,26H,10-14H2,1-2H3,(H,27,28). The number of benzene rings is 2. The van der Waals surface area contributed by atoms with Gasteiger partial charge in [0.2, 0.25) is 5.91 Å². The average Bonchev–Trinajstić information content (AvgIpc) is 3.25. The summed E-state index contributed by atoms with van der Waals surface area (Å²) >= 11 is 5.96. The van der Waals surface area contributed by atoms with E-state index in [1.54, 1.807) is 18.2 Å². The Labute approximate surface area is 188 Å². The highest BCUT2D eigenvalue weighted by molar-refractivity contribution is 6.30. The van der Waals surface area contributed by atoms with Crippen molar-refractivity contribution in [2.75, 3.05) is 20.3 Å². The van der Waals surface area contributed by atoms with E-state index in [2.05, 4.69) is 10.6 Å². The maximum Gasteiger partial charge on any atom is 0.337 e. The van der Waals surface area contributed by atoms with Crippen LogP contribution in [0.4, 0.5) is 0 Å². The monoisotopic (exact) mass is 444 g/mol. The molecule has 0 heterocycles. The zero-order valence-corrected chi connectivity index (χ0v) is 18.7. The fourth-order valence-corrected chi connectivity index (χ4v) is 4.01. The van der Waals surface area contributed by atoms with E-state index in [1.165, 1.54) is 7.11 Å². The lowest BCUT2D eigenvalue weighted by molar-refractivity contribution is -0.125. The van der Waals surface area contributed by atoms with E-state index in [0.717, 1.165) is 30.6 Å². The number of nitrogens with one attached hydrogen (secondary N) is 2. The van der Waals surface area contributed by atoms with Gasteiger partial charge < -0.3 is 20.1 Å². The molecule has 6 nitrogen and oxygen atoms in total. The van der Waals surface area contributed by atoms with Gasteiger partial charge in [0, 0.05) is 23.5 Å². The summed E-state index contributed by atoms with van der Waals surface area (Å²) in [6.45, 7) is 3.21. The molecule has 1 saturated carbocycles. The van der Waals surface area contributed by atoms with Crippen LogP contribution >= 0.6 is 11.6 Å². The first-order valence-electron chi connectivity index (χ1n) is 10.6. The number of rotatable bonds is 9. The second-order valence-electron chi connectivity index (χ2n) is 7.81. The second-order valence-corrected chi connectivity index (χ2v) is 8.25. The Balaban J connectivity index is 1.39. The maximum atomic E-state index is 12.7. The van der Waals surface area contributed by atoms with E-state index < -0.39 is 0 Å². The van der Waals surface area contributed by atoms with Crippen LogP contribution in [0.1, 0.15) is 48.1 Å². The Morgan fingerprint density at radius 3 is 2.65 bits per heavy atom. The van der Waals surface area contributed by atoms with E-state index in [9.17, 15) is 9.59 Å². The van der Waals surface area contributed by atoms with Gasteiger partial charge in [-0.3, -0.25) is 4.79 Å². The Morgan fingerprint density at radius 1 is 1.16 bits per heavy atom. The molecular weight excluding hydrogens is 416 g/mol. The molecule has 0 aromatic heterocycles. The van der Waals surface area contributed by atoms with Crippen molar-refractivity contribution >= 4 is 23.5 Å². The molecule has 0 spiro atoms. The van der Waals surface area contributed by atoms with Gasteiger partial charge in [-0.15, -0.1) is 0 Å². The molecule has 0 saturated heterocycles. The van der Waals surface area contributed by atoms with Crippen molar-refractivity contribution in [1.82, 2.24) is 10.6 Å². The Kier molecular flexibility index (Phi) is 8.32. The zero-order chi connectivity index (χ0) is 22.2. The normalized spacial score (nSPS) is 18.9. The van der Waals surface area contributed by atoms with E-state index in [4.69, 9.17) is 21.1 Å². The first-order chi connectivity index (χ1) is 15.0. The minimum atomic E-state index is -0.370. The van der Waals surface area contributed by atoms with Crippen LogP contribution in [0.15, 0.2) is 48.5 Å². The first kappa shape index (κ1) is 23.1. The highest BCUT2D eigenvalue weighted by atomic mass is 35.5. The van der Waals surface area contributed by atoms with E-state index in [-0.39, 0.29) is 23.8 Å². The predicted octanol–water partition coefficient (Wildman–Crippen LogP) is 4.14. The third kappa shape index (κ3) is 6.71. The lowest BCUT2D eigenvalue weighted by Gasteiger charge is -2.18. The van der Waals surface area contributed by atoms with Gasteiger partial charge in [-0.2, -0.15) is 0 Å². The number of carbonyl (C=O) groups is 2. The molecular formula is C24H29ClN2O4. The Bertz CT molecular complexity index is 887. The molecule has 0 bridgehead atoms. The summed E-state index contributed by atoms with van der Waals surface area (Å²) in [5, 5.41) is 7.23. The lowest BCUT2D eigenvalue weighted by atomic mass is 10.0. The topological polar surface area (TPSA) is 76.7 Å². The Morgan fingerprint density at radius 2 is 1.94 bits per heavy atom. The molecule has 1 aliphatic carbocycles. The molecule has 3 atom stereocenters. The van der Waals surface area contributed by atoms with Gasteiger partial charge in [-0.1, -0.05) is 29.8 Å². The molecule has 1 aliphatic rings. The quantitative estimate of drug-likeness (QED) is 0.449. The van der Waals surface area contributed by atoms with Crippen LogP contribution < -0.4 is 15.4 Å². The number of carbonyl (C=O) groups excluding carboxylic acids is 2. The third-order valence-electron chi connectivity index (χ3n) is 5.59. The van der Waals surface area contributed by atoms with Gasteiger partial charge in [0.1, 0.15) is 12.4 Å². The summed E-state index contributed by atoms with van der Waals surface area (Å²) in [4.78, 5) is 24.2. The van der Waals surface area contributed by atoms with E-state index >= 15 is 0 Å². The molecule has 1 fully saturated rings. The zero-order valence-electron chi connectivity index (χ0n) is 17.9. The molecule has 2 N–H and O–H groups in total. The van der Waals surface area contributed by atoms with Crippen molar-refractivity contribution in [2.45, 2.75) is 38.3 Å². The summed E-state index contributed by atoms with van der Waals surface area (Å²) in [6.07, 6.45) is 2.65. The van der Waals surface area contributed by atoms with Crippen LogP contribution in [0, 0.1) is 5.92 Å². The highest BCUT2D eigenvalue weighted by Gasteiger charge is 2.30. The molecule has 31 heavy (non-hydrogen) atoms. The number of amides is 1. The minimum absolute atomic E-state index is 0.00291. The average molecular weight is 445 g/mol. The second kappa shape index (κ2) is 11.2. The SMILES string of the molecule is COC(=O)c1ccc(C(C)NC(=O)C2CCC(NCCOc3cccc(Cl)c3)C2)cc1. The fourth-order valence-electron chi connectivity index (χ4n) is 3.83. The van der Waals surface area contributed by atoms with Gasteiger partial charge in [-0.05, 0) is 62.1 Å². The Hall–Kier alpha value is -2.57. The van der Waals surface area contributed by atoms with Crippen molar-refractivity contribution < 1.29 is 19.1 Å². The summed E-state index contributed by atoms with van der Waals surface area (Å²) in [7, 11) is 1.36. The van der Waals surface area contributed by atoms with Crippen LogP contribution in [0.3, 0.4) is 0 Å².